The van der Waals surface area contributed by atoms with E-state index < -0.39 is 29.0 Å². The van der Waals surface area contributed by atoms with Crippen LogP contribution in [-0.2, 0) is 9.59 Å². The molecule has 0 aliphatic rings. The third kappa shape index (κ3) is 4.84. The molecule has 164 valence electrons. The molecular weight excluding hydrogens is 414 g/mol. The summed E-state index contributed by atoms with van der Waals surface area (Å²) in [6.45, 7) is 3.17. The fourth-order valence-corrected chi connectivity index (χ4v) is 3.09. The van der Waals surface area contributed by atoms with Crippen molar-refractivity contribution in [1.82, 2.24) is 15.5 Å². The Morgan fingerprint density at radius 1 is 1.06 bits per heavy atom. The first kappa shape index (κ1) is 22.3. The molecule has 0 aliphatic heterocycles. The van der Waals surface area contributed by atoms with Crippen LogP contribution in [0.4, 0.5) is 5.69 Å². The molecule has 0 saturated carbocycles. The Labute approximate surface area is 182 Å². The van der Waals surface area contributed by atoms with Crippen LogP contribution in [0.25, 0.3) is 10.8 Å². The van der Waals surface area contributed by atoms with Gasteiger partial charge in [0.1, 0.15) is 11.8 Å². The number of anilines is 1. The second-order valence-electron chi connectivity index (χ2n) is 7.29. The lowest BCUT2D eigenvalue weighted by Gasteiger charge is -2.22. The maximum atomic E-state index is 12.7. The SMILES string of the molecule is CC(C)C(Oc1ccccc1C#N)C(=O)NCC(=O)Nc1cccc2c(=O)[nH][nH]c(=O)c12. The predicted octanol–water partition coefficient (Wildman–Crippen LogP) is 1.25. The molecule has 0 aliphatic carbocycles. The number of para-hydroxylation sites is 1. The molecule has 0 radical (unpaired) electrons. The quantitative estimate of drug-likeness (QED) is 0.437. The van der Waals surface area contributed by atoms with Crippen LogP contribution < -0.4 is 26.5 Å². The molecule has 3 rings (SSSR count). The largest absolute Gasteiger partial charge is 0.479 e. The standard InChI is InChI=1S/C22H21N5O5/c1-12(2)19(32-16-9-4-3-6-13(16)10-23)22(31)24-11-17(28)25-15-8-5-7-14-18(15)21(30)27-26-20(14)29/h3-9,12,19H,11H2,1-2H3,(H,24,31)(H,25,28)(H,26,29)(H,27,30). The number of nitrogens with one attached hydrogen (secondary N) is 4. The molecule has 0 fully saturated rings. The van der Waals surface area contributed by atoms with E-state index in [0.29, 0.717) is 5.56 Å². The summed E-state index contributed by atoms with van der Waals surface area (Å²) in [6.07, 6.45) is -0.934. The molecule has 0 spiro atoms. The lowest BCUT2D eigenvalue weighted by Crippen LogP contribution is -2.44. The van der Waals surface area contributed by atoms with E-state index >= 15 is 0 Å². The minimum Gasteiger partial charge on any atom is -0.479 e. The molecule has 1 atom stereocenters. The molecule has 0 bridgehead atoms. The van der Waals surface area contributed by atoms with Gasteiger partial charge in [-0.3, -0.25) is 29.4 Å². The summed E-state index contributed by atoms with van der Waals surface area (Å²) < 4.78 is 5.75. The van der Waals surface area contributed by atoms with Gasteiger partial charge in [-0.1, -0.05) is 32.0 Å². The van der Waals surface area contributed by atoms with Gasteiger partial charge in [-0.25, -0.2) is 0 Å². The Hall–Kier alpha value is -4.39. The van der Waals surface area contributed by atoms with Crippen molar-refractivity contribution in [2.75, 3.05) is 11.9 Å². The monoisotopic (exact) mass is 435 g/mol. The molecule has 10 nitrogen and oxygen atoms in total. The van der Waals surface area contributed by atoms with Crippen molar-refractivity contribution in [1.29, 1.82) is 5.26 Å². The molecular formula is C22H21N5O5. The molecule has 2 amide bonds. The van der Waals surface area contributed by atoms with Crippen molar-refractivity contribution in [2.24, 2.45) is 5.92 Å². The van der Waals surface area contributed by atoms with Gasteiger partial charge >= 0.3 is 0 Å². The molecule has 32 heavy (non-hydrogen) atoms. The van der Waals surface area contributed by atoms with E-state index in [4.69, 9.17) is 4.74 Å². The first-order chi connectivity index (χ1) is 15.3. The van der Waals surface area contributed by atoms with Crippen LogP contribution in [0.15, 0.2) is 52.1 Å². The average molecular weight is 435 g/mol. The summed E-state index contributed by atoms with van der Waals surface area (Å²) in [4.78, 5) is 49.0. The Morgan fingerprint density at radius 2 is 1.78 bits per heavy atom. The maximum Gasteiger partial charge on any atom is 0.272 e. The summed E-state index contributed by atoms with van der Waals surface area (Å²) in [5.74, 6) is -1.10. The highest BCUT2D eigenvalue weighted by Gasteiger charge is 2.25. The van der Waals surface area contributed by atoms with Gasteiger partial charge in [0, 0.05) is 0 Å². The zero-order chi connectivity index (χ0) is 23.3. The number of hydrogen-bond acceptors (Lipinski definition) is 6. The van der Waals surface area contributed by atoms with Gasteiger partial charge in [-0.15, -0.1) is 0 Å². The highest BCUT2D eigenvalue weighted by molar-refractivity contribution is 6.02. The highest BCUT2D eigenvalue weighted by atomic mass is 16.5. The van der Waals surface area contributed by atoms with E-state index in [1.54, 1.807) is 38.1 Å². The molecule has 3 aromatic rings. The van der Waals surface area contributed by atoms with Crippen LogP contribution in [0.3, 0.4) is 0 Å². The van der Waals surface area contributed by atoms with Crippen LogP contribution in [0.5, 0.6) is 5.75 Å². The summed E-state index contributed by atoms with van der Waals surface area (Å²) >= 11 is 0. The molecule has 4 N–H and O–H groups in total. The number of amides is 2. The van der Waals surface area contributed by atoms with Crippen LogP contribution in [0.2, 0.25) is 0 Å². The second kappa shape index (κ2) is 9.61. The smallest absolute Gasteiger partial charge is 0.272 e. The minimum absolute atomic E-state index is 0.0347. The number of carbonyl (C=O) groups is 2. The number of H-pyrrole nitrogens is 2. The third-order valence-electron chi connectivity index (χ3n) is 4.65. The second-order valence-corrected chi connectivity index (χ2v) is 7.29. The minimum atomic E-state index is -0.934. The zero-order valence-corrected chi connectivity index (χ0v) is 17.4. The predicted molar refractivity (Wildman–Crippen MR) is 117 cm³/mol. The Kier molecular flexibility index (Phi) is 6.70. The number of fused-ring (bicyclic) bond motifs is 1. The number of nitrogens with zero attached hydrogens (tertiary/aromatic N) is 1. The Morgan fingerprint density at radius 3 is 2.50 bits per heavy atom. The topological polar surface area (TPSA) is 157 Å². The van der Waals surface area contributed by atoms with Crippen molar-refractivity contribution >= 4 is 28.3 Å². The van der Waals surface area contributed by atoms with Crippen molar-refractivity contribution in [3.63, 3.8) is 0 Å². The van der Waals surface area contributed by atoms with Crippen LogP contribution in [-0.4, -0.2) is 34.7 Å². The normalized spacial score (nSPS) is 11.6. The van der Waals surface area contributed by atoms with Gasteiger partial charge in [-0.05, 0) is 30.2 Å². The molecule has 0 saturated heterocycles. The fourth-order valence-electron chi connectivity index (χ4n) is 3.09. The highest BCUT2D eigenvalue weighted by Crippen LogP contribution is 2.21. The van der Waals surface area contributed by atoms with Gasteiger partial charge in [-0.2, -0.15) is 5.26 Å². The van der Waals surface area contributed by atoms with E-state index in [0.717, 1.165) is 0 Å². The molecule has 2 aromatic carbocycles. The Bertz CT molecular complexity index is 1320. The van der Waals surface area contributed by atoms with E-state index in [2.05, 4.69) is 20.8 Å². The van der Waals surface area contributed by atoms with Crippen LogP contribution in [0.1, 0.15) is 19.4 Å². The fraction of sp³-hybridized carbons (Fsp3) is 0.227. The number of rotatable bonds is 7. The number of aromatic amines is 2. The van der Waals surface area contributed by atoms with Gasteiger partial charge in [0.25, 0.3) is 17.0 Å². The number of nitriles is 1. The van der Waals surface area contributed by atoms with Gasteiger partial charge in [0.15, 0.2) is 6.10 Å². The number of hydrogen-bond donors (Lipinski definition) is 4. The number of benzene rings is 2. The van der Waals surface area contributed by atoms with Gasteiger partial charge < -0.3 is 15.4 Å². The first-order valence-corrected chi connectivity index (χ1v) is 9.79. The number of aromatic nitrogens is 2. The van der Waals surface area contributed by atoms with Crippen molar-refractivity contribution < 1.29 is 14.3 Å². The van der Waals surface area contributed by atoms with Gasteiger partial charge in [0.2, 0.25) is 5.91 Å². The van der Waals surface area contributed by atoms with E-state index in [1.165, 1.54) is 18.2 Å². The molecule has 10 heteroatoms. The zero-order valence-electron chi connectivity index (χ0n) is 17.4. The summed E-state index contributed by atoms with van der Waals surface area (Å²) in [7, 11) is 0. The maximum absolute atomic E-state index is 12.7. The summed E-state index contributed by atoms with van der Waals surface area (Å²) in [5, 5.41) is 18.8. The molecule has 1 heterocycles. The van der Waals surface area contributed by atoms with E-state index in [-0.39, 0.29) is 34.7 Å². The van der Waals surface area contributed by atoms with Gasteiger partial charge in [0.05, 0.1) is 28.6 Å². The summed E-state index contributed by atoms with van der Waals surface area (Å²) in [5.41, 5.74) is -0.629. The Balaban J connectivity index is 1.70. The number of carbonyl (C=O) groups excluding carboxylic acids is 2. The van der Waals surface area contributed by atoms with Crippen molar-refractivity contribution in [2.45, 2.75) is 20.0 Å². The average Bonchev–Trinajstić information content (AvgIpc) is 2.78. The molecule has 1 aromatic heterocycles. The van der Waals surface area contributed by atoms with Crippen molar-refractivity contribution in [3.05, 3.63) is 68.7 Å². The first-order valence-electron chi connectivity index (χ1n) is 9.79. The third-order valence-corrected chi connectivity index (χ3v) is 4.65. The lowest BCUT2D eigenvalue weighted by molar-refractivity contribution is -0.131. The van der Waals surface area contributed by atoms with Crippen LogP contribution in [0, 0.1) is 17.2 Å². The van der Waals surface area contributed by atoms with E-state index in [9.17, 15) is 24.4 Å². The van der Waals surface area contributed by atoms with Crippen LogP contribution >= 0.6 is 0 Å². The molecule has 1 unspecified atom stereocenters. The number of ether oxygens (including phenoxy) is 1. The van der Waals surface area contributed by atoms with E-state index in [1.807, 2.05) is 6.07 Å². The lowest BCUT2D eigenvalue weighted by atomic mass is 10.1. The summed E-state index contributed by atoms with van der Waals surface area (Å²) in [6, 6.07) is 13.0. The van der Waals surface area contributed by atoms with Crippen molar-refractivity contribution in [3.8, 4) is 11.8 Å².